The number of ether oxygens (including phenoxy) is 1. The maximum Gasteiger partial charge on any atom is 0.310 e. The SMILES string of the molecule is Cc1ccc(C)c(NC(=O)[C@H]2[C@@H](C(=O)O)[C@H]3C=C[C@H]2O3)c1. The van der Waals surface area contributed by atoms with Crippen molar-refractivity contribution in [3.63, 3.8) is 0 Å². The normalized spacial score (nSPS) is 29.6. The van der Waals surface area contributed by atoms with Crippen molar-refractivity contribution >= 4 is 17.6 Å². The maximum atomic E-state index is 12.5. The summed E-state index contributed by atoms with van der Waals surface area (Å²) in [6, 6.07) is 5.78. The van der Waals surface area contributed by atoms with E-state index in [9.17, 15) is 14.7 Å². The predicted molar refractivity (Wildman–Crippen MR) is 77.0 cm³/mol. The number of aliphatic carboxylic acids is 1. The molecule has 0 saturated carbocycles. The van der Waals surface area contributed by atoms with E-state index in [2.05, 4.69) is 5.32 Å². The molecule has 0 spiro atoms. The highest BCUT2D eigenvalue weighted by atomic mass is 16.5. The summed E-state index contributed by atoms with van der Waals surface area (Å²) in [6.45, 7) is 3.85. The van der Waals surface area contributed by atoms with E-state index in [4.69, 9.17) is 4.74 Å². The van der Waals surface area contributed by atoms with Crippen LogP contribution in [0.5, 0.6) is 0 Å². The highest BCUT2D eigenvalue weighted by Gasteiger charge is 2.53. The third-order valence-electron chi connectivity index (χ3n) is 4.14. The number of fused-ring (bicyclic) bond motifs is 2. The number of hydrogen-bond donors (Lipinski definition) is 2. The molecule has 21 heavy (non-hydrogen) atoms. The highest BCUT2D eigenvalue weighted by molar-refractivity contribution is 5.97. The average molecular weight is 287 g/mol. The first kappa shape index (κ1) is 13.8. The minimum Gasteiger partial charge on any atom is -0.481 e. The number of carbonyl (C=O) groups is 2. The van der Waals surface area contributed by atoms with Crippen LogP contribution in [0.25, 0.3) is 0 Å². The Balaban J connectivity index is 1.83. The summed E-state index contributed by atoms with van der Waals surface area (Å²) in [4.78, 5) is 23.9. The van der Waals surface area contributed by atoms with Gasteiger partial charge in [0.15, 0.2) is 0 Å². The second-order valence-electron chi connectivity index (χ2n) is 5.65. The largest absolute Gasteiger partial charge is 0.481 e. The molecule has 110 valence electrons. The topological polar surface area (TPSA) is 75.6 Å². The van der Waals surface area contributed by atoms with Crippen LogP contribution in [-0.2, 0) is 14.3 Å². The lowest BCUT2D eigenvalue weighted by Gasteiger charge is -2.21. The van der Waals surface area contributed by atoms with Gasteiger partial charge < -0.3 is 15.2 Å². The maximum absolute atomic E-state index is 12.5. The lowest BCUT2D eigenvalue weighted by Crippen LogP contribution is -2.39. The third kappa shape index (κ3) is 2.34. The molecule has 2 N–H and O–H groups in total. The van der Waals surface area contributed by atoms with Gasteiger partial charge in [-0.2, -0.15) is 0 Å². The number of benzene rings is 1. The van der Waals surface area contributed by atoms with Crippen LogP contribution in [0.1, 0.15) is 11.1 Å². The standard InChI is InChI=1S/C16H17NO4/c1-8-3-4-9(2)10(7-8)17-15(18)13-11-5-6-12(21-11)14(13)16(19)20/h3-7,11-14H,1-2H3,(H,17,18)(H,19,20)/t11-,12-,13-,14+/m1/s1. The molecule has 0 radical (unpaired) electrons. The van der Waals surface area contributed by atoms with Crippen molar-refractivity contribution in [2.75, 3.05) is 5.32 Å². The second kappa shape index (κ2) is 5.00. The number of aryl methyl sites for hydroxylation is 2. The van der Waals surface area contributed by atoms with Gasteiger partial charge in [0.1, 0.15) is 5.92 Å². The molecular formula is C16H17NO4. The lowest BCUT2D eigenvalue weighted by atomic mass is 9.82. The fourth-order valence-electron chi connectivity index (χ4n) is 3.00. The summed E-state index contributed by atoms with van der Waals surface area (Å²) in [7, 11) is 0. The summed E-state index contributed by atoms with van der Waals surface area (Å²) >= 11 is 0. The first-order valence-corrected chi connectivity index (χ1v) is 6.92. The van der Waals surface area contributed by atoms with Gasteiger partial charge in [-0.25, -0.2) is 0 Å². The Labute approximate surface area is 122 Å². The van der Waals surface area contributed by atoms with Crippen LogP contribution in [0.3, 0.4) is 0 Å². The molecule has 0 unspecified atom stereocenters. The average Bonchev–Trinajstić information content (AvgIpc) is 3.03. The number of carbonyl (C=O) groups excluding carboxylic acids is 1. The quantitative estimate of drug-likeness (QED) is 0.833. The summed E-state index contributed by atoms with van der Waals surface area (Å²) in [6.07, 6.45) is 2.56. The molecular weight excluding hydrogens is 270 g/mol. The molecule has 0 aromatic heterocycles. The number of carboxylic acids is 1. The van der Waals surface area contributed by atoms with E-state index in [0.717, 1.165) is 16.8 Å². The van der Waals surface area contributed by atoms with Gasteiger partial charge in [-0.3, -0.25) is 9.59 Å². The van der Waals surface area contributed by atoms with E-state index in [1.165, 1.54) is 0 Å². The number of anilines is 1. The Bertz CT molecular complexity index is 637. The van der Waals surface area contributed by atoms with E-state index >= 15 is 0 Å². The van der Waals surface area contributed by atoms with Gasteiger partial charge in [0.25, 0.3) is 0 Å². The van der Waals surface area contributed by atoms with Crippen molar-refractivity contribution in [2.24, 2.45) is 11.8 Å². The zero-order chi connectivity index (χ0) is 15.1. The van der Waals surface area contributed by atoms with Gasteiger partial charge in [-0.1, -0.05) is 24.3 Å². The van der Waals surface area contributed by atoms with Crippen LogP contribution in [0.15, 0.2) is 30.4 Å². The minimum atomic E-state index is -0.993. The molecule has 1 saturated heterocycles. The van der Waals surface area contributed by atoms with Gasteiger partial charge >= 0.3 is 5.97 Å². The highest BCUT2D eigenvalue weighted by Crippen LogP contribution is 2.40. The second-order valence-corrected chi connectivity index (χ2v) is 5.65. The van der Waals surface area contributed by atoms with E-state index in [0.29, 0.717) is 0 Å². The van der Waals surface area contributed by atoms with E-state index in [1.54, 1.807) is 12.2 Å². The van der Waals surface area contributed by atoms with Crippen LogP contribution in [0, 0.1) is 25.7 Å². The van der Waals surface area contributed by atoms with Crippen molar-refractivity contribution in [3.05, 3.63) is 41.5 Å². The molecule has 2 heterocycles. The first-order valence-electron chi connectivity index (χ1n) is 6.92. The molecule has 1 aromatic rings. The molecule has 2 aliphatic heterocycles. The lowest BCUT2D eigenvalue weighted by molar-refractivity contribution is -0.145. The Morgan fingerprint density at radius 2 is 1.81 bits per heavy atom. The van der Waals surface area contributed by atoms with Gasteiger partial charge in [-0.15, -0.1) is 0 Å². The summed E-state index contributed by atoms with van der Waals surface area (Å²) in [5, 5.41) is 12.2. The number of rotatable bonds is 3. The van der Waals surface area contributed by atoms with Crippen molar-refractivity contribution < 1.29 is 19.4 Å². The first-order chi connectivity index (χ1) is 9.97. The minimum absolute atomic E-state index is 0.298. The van der Waals surface area contributed by atoms with Crippen molar-refractivity contribution in [1.82, 2.24) is 0 Å². The molecule has 0 aliphatic carbocycles. The van der Waals surface area contributed by atoms with Crippen molar-refractivity contribution in [3.8, 4) is 0 Å². The van der Waals surface area contributed by atoms with Crippen LogP contribution >= 0.6 is 0 Å². The summed E-state index contributed by atoms with van der Waals surface area (Å²) in [5.74, 6) is -2.79. The fraction of sp³-hybridized carbons (Fsp3) is 0.375. The van der Waals surface area contributed by atoms with Crippen LogP contribution in [0.4, 0.5) is 5.69 Å². The van der Waals surface area contributed by atoms with Gasteiger partial charge in [0, 0.05) is 5.69 Å². The van der Waals surface area contributed by atoms with Crippen LogP contribution in [-0.4, -0.2) is 29.2 Å². The molecule has 1 fully saturated rings. The molecule has 2 bridgehead atoms. The zero-order valence-corrected chi connectivity index (χ0v) is 11.9. The van der Waals surface area contributed by atoms with Crippen LogP contribution < -0.4 is 5.32 Å². The Morgan fingerprint density at radius 1 is 1.14 bits per heavy atom. The molecule has 5 heteroatoms. The smallest absolute Gasteiger partial charge is 0.310 e. The molecule has 5 nitrogen and oxygen atoms in total. The van der Waals surface area contributed by atoms with E-state index in [-0.39, 0.29) is 5.91 Å². The summed E-state index contributed by atoms with van der Waals surface area (Å²) < 4.78 is 5.52. The van der Waals surface area contributed by atoms with E-state index < -0.39 is 30.0 Å². The number of amides is 1. The molecule has 1 aromatic carbocycles. The Kier molecular flexibility index (Phi) is 3.29. The Hall–Kier alpha value is -2.14. The molecule has 1 amide bonds. The van der Waals surface area contributed by atoms with Gasteiger partial charge in [0.2, 0.25) is 5.91 Å². The number of carboxylic acid groups (broad SMARTS) is 1. The Morgan fingerprint density at radius 3 is 2.48 bits per heavy atom. The molecule has 3 rings (SSSR count). The van der Waals surface area contributed by atoms with Crippen LogP contribution in [0.2, 0.25) is 0 Å². The number of nitrogens with one attached hydrogen (secondary N) is 1. The monoisotopic (exact) mass is 287 g/mol. The molecule has 4 atom stereocenters. The van der Waals surface area contributed by atoms with Gasteiger partial charge in [0.05, 0.1) is 18.1 Å². The molecule has 2 aliphatic rings. The zero-order valence-electron chi connectivity index (χ0n) is 11.9. The van der Waals surface area contributed by atoms with Crippen molar-refractivity contribution in [1.29, 1.82) is 0 Å². The third-order valence-corrected chi connectivity index (χ3v) is 4.14. The van der Waals surface area contributed by atoms with Crippen molar-refractivity contribution in [2.45, 2.75) is 26.1 Å². The fourth-order valence-corrected chi connectivity index (χ4v) is 3.00. The summed E-state index contributed by atoms with van der Waals surface area (Å²) in [5.41, 5.74) is 2.70. The van der Waals surface area contributed by atoms with E-state index in [1.807, 2.05) is 32.0 Å². The number of hydrogen-bond acceptors (Lipinski definition) is 3. The predicted octanol–water partition coefficient (Wildman–Crippen LogP) is 1.90. The van der Waals surface area contributed by atoms with Gasteiger partial charge in [-0.05, 0) is 31.0 Å².